The molecule has 4 rings (SSSR count). The topological polar surface area (TPSA) is 88.4 Å². The molecule has 2 saturated heterocycles. The third-order valence-electron chi connectivity index (χ3n) is 5.60. The van der Waals surface area contributed by atoms with Crippen LogP contribution in [0.25, 0.3) is 11.0 Å². The second kappa shape index (κ2) is 7.28. The summed E-state index contributed by atoms with van der Waals surface area (Å²) in [5.74, 6) is -0.677. The highest BCUT2D eigenvalue weighted by Crippen LogP contribution is 2.23. The molecule has 0 radical (unpaired) electrons. The van der Waals surface area contributed by atoms with Gasteiger partial charge in [0.2, 0.25) is 11.8 Å². The van der Waals surface area contributed by atoms with Crippen LogP contribution in [0, 0.1) is 0 Å². The summed E-state index contributed by atoms with van der Waals surface area (Å²) in [4.78, 5) is 38.9. The van der Waals surface area contributed by atoms with Crippen LogP contribution in [0.4, 0.5) is 0 Å². The molecular weight excluding hydrogens is 346 g/mol. The van der Waals surface area contributed by atoms with Gasteiger partial charge in [0.25, 0.3) is 0 Å². The van der Waals surface area contributed by atoms with E-state index in [-0.39, 0.29) is 18.0 Å². The molecule has 1 aromatic carbocycles. The number of nitrogens with one attached hydrogen (secondary N) is 2. The molecule has 2 aromatic rings. The average Bonchev–Trinajstić information content (AvgIpc) is 2.92. The van der Waals surface area contributed by atoms with Crippen molar-refractivity contribution in [1.29, 1.82) is 0 Å². The molecule has 27 heavy (non-hydrogen) atoms. The molecule has 2 N–H and O–H groups in total. The van der Waals surface area contributed by atoms with Crippen molar-refractivity contribution in [1.82, 2.24) is 24.7 Å². The summed E-state index contributed by atoms with van der Waals surface area (Å²) in [6.07, 6.45) is 1.53. The Balaban J connectivity index is 1.61. The summed E-state index contributed by atoms with van der Waals surface area (Å²) in [6.45, 7) is 5.18. The van der Waals surface area contributed by atoms with Gasteiger partial charge in [0.05, 0.1) is 11.0 Å². The fourth-order valence-corrected chi connectivity index (χ4v) is 4.02. The SMILES string of the molecule is Cn1c(=O)n(C2CCC(=O)NC2=O)c2ccc(CCN3CCNCC3)cc21. The Morgan fingerprint density at radius 1 is 1.11 bits per heavy atom. The molecule has 1 aromatic heterocycles. The number of benzene rings is 1. The van der Waals surface area contributed by atoms with Crippen LogP contribution in [-0.4, -0.2) is 58.6 Å². The van der Waals surface area contributed by atoms with Gasteiger partial charge in [-0.25, -0.2) is 4.79 Å². The van der Waals surface area contributed by atoms with Crippen molar-refractivity contribution in [2.45, 2.75) is 25.3 Å². The smallest absolute Gasteiger partial charge is 0.314 e. The first kappa shape index (κ1) is 17.9. The Morgan fingerprint density at radius 2 is 1.89 bits per heavy atom. The van der Waals surface area contributed by atoms with Gasteiger partial charge >= 0.3 is 5.69 Å². The Morgan fingerprint density at radius 3 is 2.63 bits per heavy atom. The van der Waals surface area contributed by atoms with Gasteiger partial charge < -0.3 is 10.2 Å². The van der Waals surface area contributed by atoms with E-state index in [1.807, 2.05) is 18.2 Å². The minimum atomic E-state index is -0.634. The zero-order valence-corrected chi connectivity index (χ0v) is 15.5. The van der Waals surface area contributed by atoms with Gasteiger partial charge in [0, 0.05) is 46.2 Å². The molecule has 1 atom stereocenters. The second-order valence-corrected chi connectivity index (χ2v) is 7.34. The van der Waals surface area contributed by atoms with E-state index < -0.39 is 11.9 Å². The first-order chi connectivity index (χ1) is 13.0. The number of carbonyl (C=O) groups excluding carboxylic acids is 2. The Kier molecular flexibility index (Phi) is 4.84. The molecular formula is C19H25N5O3. The second-order valence-electron chi connectivity index (χ2n) is 7.34. The van der Waals surface area contributed by atoms with E-state index >= 15 is 0 Å². The van der Waals surface area contributed by atoms with Crippen LogP contribution >= 0.6 is 0 Å². The number of aryl methyl sites for hydroxylation is 1. The number of hydrogen-bond donors (Lipinski definition) is 2. The van der Waals surface area contributed by atoms with Crippen LogP contribution in [0.15, 0.2) is 23.0 Å². The molecule has 2 aliphatic rings. The number of imidazole rings is 1. The Labute approximate surface area is 157 Å². The van der Waals surface area contributed by atoms with Gasteiger partial charge in [0.15, 0.2) is 0 Å². The predicted molar refractivity (Wildman–Crippen MR) is 102 cm³/mol. The maximum atomic E-state index is 12.8. The van der Waals surface area contributed by atoms with Gasteiger partial charge in [-0.05, 0) is 30.5 Å². The number of amides is 2. The Hall–Kier alpha value is -2.45. The van der Waals surface area contributed by atoms with Crippen molar-refractivity contribution < 1.29 is 9.59 Å². The molecule has 2 amide bonds. The number of fused-ring (bicyclic) bond motifs is 1. The minimum absolute atomic E-state index is 0.223. The molecule has 0 bridgehead atoms. The van der Waals surface area contributed by atoms with Gasteiger partial charge in [-0.15, -0.1) is 0 Å². The van der Waals surface area contributed by atoms with Crippen molar-refractivity contribution >= 4 is 22.8 Å². The summed E-state index contributed by atoms with van der Waals surface area (Å²) in [7, 11) is 1.73. The van der Waals surface area contributed by atoms with E-state index in [1.165, 1.54) is 10.1 Å². The van der Waals surface area contributed by atoms with Crippen molar-refractivity contribution in [3.63, 3.8) is 0 Å². The number of hydrogen-bond acceptors (Lipinski definition) is 5. The third kappa shape index (κ3) is 3.42. The standard InChI is InChI=1S/C19H25N5O3/c1-22-16-12-13(6-9-23-10-7-20-8-11-23)2-3-14(16)24(19(22)27)15-4-5-17(25)21-18(15)26/h2-3,12,15,20H,4-11H2,1H3,(H,21,25,26). The molecule has 144 valence electrons. The highest BCUT2D eigenvalue weighted by Gasteiger charge is 2.31. The molecule has 1 unspecified atom stereocenters. The molecule has 8 nitrogen and oxygen atoms in total. The molecule has 2 fully saturated rings. The molecule has 0 spiro atoms. The summed E-state index contributed by atoms with van der Waals surface area (Å²) in [5, 5.41) is 5.69. The van der Waals surface area contributed by atoms with E-state index in [9.17, 15) is 14.4 Å². The Bertz CT molecular complexity index is 939. The van der Waals surface area contributed by atoms with Crippen LogP contribution in [-0.2, 0) is 23.1 Å². The molecule has 3 heterocycles. The molecule has 2 aliphatic heterocycles. The number of piperidine rings is 1. The zero-order chi connectivity index (χ0) is 19.0. The van der Waals surface area contributed by atoms with Crippen molar-refractivity contribution in [3.8, 4) is 0 Å². The zero-order valence-electron chi connectivity index (χ0n) is 15.5. The summed E-state index contributed by atoms with van der Waals surface area (Å²) >= 11 is 0. The van der Waals surface area contributed by atoms with Crippen molar-refractivity contribution in [2.75, 3.05) is 32.7 Å². The van der Waals surface area contributed by atoms with Crippen LogP contribution in [0.3, 0.4) is 0 Å². The lowest BCUT2D eigenvalue weighted by atomic mass is 10.1. The van der Waals surface area contributed by atoms with E-state index in [0.717, 1.165) is 50.2 Å². The lowest BCUT2D eigenvalue weighted by molar-refractivity contribution is -0.135. The number of imide groups is 1. The fraction of sp³-hybridized carbons (Fsp3) is 0.526. The third-order valence-corrected chi connectivity index (χ3v) is 5.60. The largest absolute Gasteiger partial charge is 0.329 e. The number of aromatic nitrogens is 2. The van der Waals surface area contributed by atoms with Crippen LogP contribution in [0.5, 0.6) is 0 Å². The number of piperazine rings is 1. The van der Waals surface area contributed by atoms with E-state index in [2.05, 4.69) is 15.5 Å². The van der Waals surface area contributed by atoms with Crippen molar-refractivity contribution in [2.24, 2.45) is 7.05 Å². The van der Waals surface area contributed by atoms with Crippen LogP contribution in [0.2, 0.25) is 0 Å². The minimum Gasteiger partial charge on any atom is -0.314 e. The highest BCUT2D eigenvalue weighted by molar-refractivity contribution is 6.00. The predicted octanol–water partition coefficient (Wildman–Crippen LogP) is -0.235. The number of rotatable bonds is 4. The van der Waals surface area contributed by atoms with Crippen LogP contribution < -0.4 is 16.3 Å². The summed E-state index contributed by atoms with van der Waals surface area (Å²) in [6, 6.07) is 5.37. The molecule has 0 saturated carbocycles. The van der Waals surface area contributed by atoms with Gasteiger partial charge in [-0.1, -0.05) is 6.07 Å². The first-order valence-electron chi connectivity index (χ1n) is 9.51. The molecule has 8 heteroatoms. The van der Waals surface area contributed by atoms with Crippen molar-refractivity contribution in [3.05, 3.63) is 34.2 Å². The lowest BCUT2D eigenvalue weighted by Crippen LogP contribution is -2.44. The van der Waals surface area contributed by atoms with Gasteiger partial charge in [0.1, 0.15) is 6.04 Å². The maximum Gasteiger partial charge on any atom is 0.329 e. The van der Waals surface area contributed by atoms with E-state index in [1.54, 1.807) is 11.6 Å². The van der Waals surface area contributed by atoms with Crippen LogP contribution in [0.1, 0.15) is 24.4 Å². The monoisotopic (exact) mass is 371 g/mol. The van der Waals surface area contributed by atoms with Gasteiger partial charge in [-0.2, -0.15) is 0 Å². The normalized spacial score (nSPS) is 21.6. The first-order valence-corrected chi connectivity index (χ1v) is 9.51. The number of nitrogens with zero attached hydrogens (tertiary/aromatic N) is 3. The van der Waals surface area contributed by atoms with E-state index in [4.69, 9.17) is 0 Å². The summed E-state index contributed by atoms with van der Waals surface area (Å²) in [5.41, 5.74) is 2.52. The fourth-order valence-electron chi connectivity index (χ4n) is 4.02. The maximum absolute atomic E-state index is 12.8. The quantitative estimate of drug-likeness (QED) is 0.725. The average molecular weight is 371 g/mol. The molecule has 0 aliphatic carbocycles. The lowest BCUT2D eigenvalue weighted by Gasteiger charge is -2.27. The van der Waals surface area contributed by atoms with E-state index in [0.29, 0.717) is 6.42 Å². The highest BCUT2D eigenvalue weighted by atomic mass is 16.2. The summed E-state index contributed by atoms with van der Waals surface area (Å²) < 4.78 is 3.12. The number of carbonyl (C=O) groups is 2. The van der Waals surface area contributed by atoms with Gasteiger partial charge in [-0.3, -0.25) is 24.0 Å².